The Kier molecular flexibility index (Phi) is 4.03. The Hall–Kier alpha value is -2.50. The van der Waals surface area contributed by atoms with Crippen LogP contribution in [0.3, 0.4) is 0 Å². The molecule has 0 saturated carbocycles. The van der Waals surface area contributed by atoms with E-state index in [1.54, 1.807) is 11.3 Å². The molecule has 0 N–H and O–H groups in total. The molecule has 1 atom stereocenters. The summed E-state index contributed by atoms with van der Waals surface area (Å²) in [6, 6.07) is 15.2. The Morgan fingerprint density at radius 3 is 2.92 bits per heavy atom. The van der Waals surface area contributed by atoms with E-state index in [9.17, 15) is 0 Å². The second-order valence-corrected chi connectivity index (χ2v) is 7.71. The highest BCUT2D eigenvalue weighted by Gasteiger charge is 2.29. The molecule has 0 bridgehead atoms. The second-order valence-electron chi connectivity index (χ2n) is 6.77. The molecule has 1 aliphatic heterocycles. The molecule has 0 aliphatic carbocycles. The average Bonchev–Trinajstić information content (AvgIpc) is 3.42. The third-order valence-electron chi connectivity index (χ3n) is 5.14. The van der Waals surface area contributed by atoms with Gasteiger partial charge in [0.15, 0.2) is 0 Å². The maximum atomic E-state index is 4.80. The van der Waals surface area contributed by atoms with Crippen LogP contribution in [-0.4, -0.2) is 25.8 Å². The van der Waals surface area contributed by atoms with Gasteiger partial charge in [0.2, 0.25) is 0 Å². The van der Waals surface area contributed by atoms with Crippen LogP contribution in [-0.2, 0) is 6.54 Å². The topological polar surface area (TPSA) is 33.4 Å². The standard InChI is InChI=1S/C21H20N4S/c1-2-10-22-17(5-1)14-24-11-3-6-18(24)21-19-9-8-16(13-25(19)15-23-21)20-7-4-12-26-20/h1-2,4-5,7-10,12-13,15,18H,3,6,11,14H2. The van der Waals surface area contributed by atoms with Crippen LogP contribution in [0.5, 0.6) is 0 Å². The first-order valence-electron chi connectivity index (χ1n) is 9.03. The van der Waals surface area contributed by atoms with Gasteiger partial charge >= 0.3 is 0 Å². The van der Waals surface area contributed by atoms with E-state index >= 15 is 0 Å². The van der Waals surface area contributed by atoms with Gasteiger partial charge in [-0.3, -0.25) is 9.88 Å². The van der Waals surface area contributed by atoms with Gasteiger partial charge in [0.05, 0.1) is 29.3 Å². The molecule has 1 unspecified atom stereocenters. The van der Waals surface area contributed by atoms with E-state index in [0.29, 0.717) is 6.04 Å². The molecule has 4 aromatic rings. The van der Waals surface area contributed by atoms with E-state index in [1.807, 2.05) is 18.6 Å². The molecule has 1 fully saturated rings. The first kappa shape index (κ1) is 15.7. The van der Waals surface area contributed by atoms with Gasteiger partial charge in [0.25, 0.3) is 0 Å². The number of nitrogens with zero attached hydrogens (tertiary/aromatic N) is 4. The predicted octanol–water partition coefficient (Wildman–Crippen LogP) is 4.79. The van der Waals surface area contributed by atoms with Crippen molar-refractivity contribution < 1.29 is 0 Å². The smallest absolute Gasteiger partial charge is 0.0996 e. The number of imidazole rings is 1. The largest absolute Gasteiger partial charge is 0.305 e. The number of aromatic nitrogens is 3. The lowest BCUT2D eigenvalue weighted by Crippen LogP contribution is -2.23. The van der Waals surface area contributed by atoms with Gasteiger partial charge < -0.3 is 4.40 Å². The SMILES string of the molecule is c1ccc(CN2CCCC2c2ncn3cc(-c4cccs4)ccc23)nc1. The van der Waals surface area contributed by atoms with E-state index in [4.69, 9.17) is 4.98 Å². The Morgan fingerprint density at radius 1 is 1.08 bits per heavy atom. The zero-order chi connectivity index (χ0) is 17.3. The van der Waals surface area contributed by atoms with Crippen LogP contribution >= 0.6 is 11.3 Å². The minimum atomic E-state index is 0.370. The lowest BCUT2D eigenvalue weighted by molar-refractivity contribution is 0.243. The molecule has 4 nitrogen and oxygen atoms in total. The molecular weight excluding hydrogens is 340 g/mol. The van der Waals surface area contributed by atoms with Crippen molar-refractivity contribution in [2.75, 3.05) is 6.54 Å². The zero-order valence-corrected chi connectivity index (χ0v) is 15.3. The highest BCUT2D eigenvalue weighted by molar-refractivity contribution is 7.13. The first-order valence-corrected chi connectivity index (χ1v) is 9.91. The molecule has 1 saturated heterocycles. The highest BCUT2D eigenvalue weighted by atomic mass is 32.1. The number of hydrogen-bond acceptors (Lipinski definition) is 4. The molecule has 26 heavy (non-hydrogen) atoms. The normalized spacial score (nSPS) is 17.9. The van der Waals surface area contributed by atoms with Gasteiger partial charge in [-0.1, -0.05) is 12.1 Å². The molecule has 5 heteroatoms. The molecule has 1 aliphatic rings. The molecule has 0 amide bonds. The van der Waals surface area contributed by atoms with Crippen LogP contribution in [0, 0.1) is 0 Å². The van der Waals surface area contributed by atoms with Gasteiger partial charge in [0, 0.05) is 29.4 Å². The summed E-state index contributed by atoms with van der Waals surface area (Å²) in [7, 11) is 0. The average molecular weight is 360 g/mol. The molecule has 130 valence electrons. The van der Waals surface area contributed by atoms with Crippen molar-refractivity contribution in [1.82, 2.24) is 19.3 Å². The number of hydrogen-bond donors (Lipinski definition) is 0. The second kappa shape index (κ2) is 6.67. The summed E-state index contributed by atoms with van der Waals surface area (Å²) in [4.78, 5) is 13.1. The highest BCUT2D eigenvalue weighted by Crippen LogP contribution is 2.35. The van der Waals surface area contributed by atoms with Crippen molar-refractivity contribution in [2.45, 2.75) is 25.4 Å². The Balaban J connectivity index is 1.46. The fourth-order valence-electron chi connectivity index (χ4n) is 3.89. The number of thiophene rings is 1. The molecule has 5 rings (SSSR count). The number of likely N-dealkylation sites (tertiary alicyclic amines) is 1. The van der Waals surface area contributed by atoms with E-state index in [-0.39, 0.29) is 0 Å². The van der Waals surface area contributed by atoms with Crippen LogP contribution in [0.2, 0.25) is 0 Å². The Bertz CT molecular complexity index is 1010. The van der Waals surface area contributed by atoms with E-state index in [2.05, 4.69) is 62.3 Å². The van der Waals surface area contributed by atoms with E-state index in [0.717, 1.165) is 25.2 Å². The summed E-state index contributed by atoms with van der Waals surface area (Å²) < 4.78 is 2.17. The number of fused-ring (bicyclic) bond motifs is 1. The molecule has 5 heterocycles. The summed E-state index contributed by atoms with van der Waals surface area (Å²) in [6.07, 6.45) is 8.39. The molecule has 0 radical (unpaired) electrons. The number of pyridine rings is 2. The minimum absolute atomic E-state index is 0.370. The third kappa shape index (κ3) is 2.83. The third-order valence-corrected chi connectivity index (χ3v) is 6.06. The van der Waals surface area contributed by atoms with Crippen LogP contribution in [0.15, 0.2) is 66.6 Å². The summed E-state index contributed by atoms with van der Waals surface area (Å²) in [6.45, 7) is 1.99. The maximum Gasteiger partial charge on any atom is 0.0996 e. The van der Waals surface area contributed by atoms with Crippen LogP contribution in [0.25, 0.3) is 16.0 Å². The zero-order valence-electron chi connectivity index (χ0n) is 14.5. The molecule has 4 aromatic heterocycles. The van der Waals surface area contributed by atoms with Crippen molar-refractivity contribution in [3.05, 3.63) is 78.0 Å². The van der Waals surface area contributed by atoms with Crippen molar-refractivity contribution in [3.63, 3.8) is 0 Å². The Labute approximate surface area is 156 Å². The number of rotatable bonds is 4. The van der Waals surface area contributed by atoms with Crippen LogP contribution in [0.1, 0.15) is 30.3 Å². The van der Waals surface area contributed by atoms with Crippen molar-refractivity contribution in [2.24, 2.45) is 0 Å². The molecule has 0 aromatic carbocycles. The summed E-state index contributed by atoms with van der Waals surface area (Å²) in [5, 5.41) is 2.12. The molecular formula is C21H20N4S. The van der Waals surface area contributed by atoms with E-state index < -0.39 is 0 Å². The lowest BCUT2D eigenvalue weighted by atomic mass is 10.1. The van der Waals surface area contributed by atoms with Gasteiger partial charge in [-0.15, -0.1) is 11.3 Å². The summed E-state index contributed by atoms with van der Waals surface area (Å²) in [5.41, 5.74) is 4.77. The van der Waals surface area contributed by atoms with Gasteiger partial charge in [-0.2, -0.15) is 0 Å². The summed E-state index contributed by atoms with van der Waals surface area (Å²) in [5.74, 6) is 0. The van der Waals surface area contributed by atoms with Crippen molar-refractivity contribution >= 4 is 16.9 Å². The molecule has 0 spiro atoms. The van der Waals surface area contributed by atoms with Crippen LogP contribution < -0.4 is 0 Å². The van der Waals surface area contributed by atoms with Gasteiger partial charge in [-0.25, -0.2) is 4.98 Å². The van der Waals surface area contributed by atoms with Gasteiger partial charge in [0.1, 0.15) is 0 Å². The first-order chi connectivity index (χ1) is 12.9. The Morgan fingerprint density at radius 2 is 2.08 bits per heavy atom. The van der Waals surface area contributed by atoms with E-state index in [1.165, 1.54) is 28.1 Å². The monoisotopic (exact) mass is 360 g/mol. The van der Waals surface area contributed by atoms with Gasteiger partial charge in [-0.05, 0) is 55.1 Å². The fourth-order valence-corrected chi connectivity index (χ4v) is 4.61. The van der Waals surface area contributed by atoms with Crippen LogP contribution in [0.4, 0.5) is 0 Å². The minimum Gasteiger partial charge on any atom is -0.305 e. The lowest BCUT2D eigenvalue weighted by Gasteiger charge is -2.23. The summed E-state index contributed by atoms with van der Waals surface area (Å²) >= 11 is 1.77. The van der Waals surface area contributed by atoms with Crippen molar-refractivity contribution in [3.8, 4) is 10.4 Å². The predicted molar refractivity (Wildman–Crippen MR) is 105 cm³/mol. The van der Waals surface area contributed by atoms with Crippen molar-refractivity contribution in [1.29, 1.82) is 0 Å². The maximum absolute atomic E-state index is 4.80. The quantitative estimate of drug-likeness (QED) is 0.524. The fraction of sp³-hybridized carbons (Fsp3) is 0.238.